The number of likely N-dealkylation sites (N-methyl/N-ethyl adjacent to an activating group) is 1. The van der Waals surface area contributed by atoms with Crippen molar-refractivity contribution in [3.8, 4) is 0 Å². The van der Waals surface area contributed by atoms with Crippen LogP contribution in [0.2, 0.25) is 0 Å². The van der Waals surface area contributed by atoms with Crippen LogP contribution < -0.4 is 5.32 Å². The second kappa shape index (κ2) is 7.86. The molecule has 0 spiro atoms. The van der Waals surface area contributed by atoms with Crippen molar-refractivity contribution in [3.63, 3.8) is 0 Å². The molecule has 0 unspecified atom stereocenters. The summed E-state index contributed by atoms with van der Waals surface area (Å²) in [7, 11) is 3.84. The Bertz CT molecular complexity index is 294. The number of thiocarbonyl (C=S) groups is 2. The van der Waals surface area contributed by atoms with Gasteiger partial charge in [0, 0.05) is 33.7 Å². The summed E-state index contributed by atoms with van der Waals surface area (Å²) in [6.07, 6.45) is 2.43. The standard InChI is InChI=1S/C12H24N4S2/c1-4-15-7-5-6-8-16(10-9-15)12(18)13-11(17)14(2)3/h4-10H2,1-3H3,(H,13,17,18). The molecule has 0 saturated carbocycles. The first kappa shape index (κ1) is 15.6. The zero-order valence-corrected chi connectivity index (χ0v) is 13.2. The van der Waals surface area contributed by atoms with Crippen LogP contribution in [0, 0.1) is 0 Å². The van der Waals surface area contributed by atoms with Gasteiger partial charge in [0.05, 0.1) is 0 Å². The molecule has 18 heavy (non-hydrogen) atoms. The van der Waals surface area contributed by atoms with Crippen LogP contribution in [0.1, 0.15) is 19.8 Å². The van der Waals surface area contributed by atoms with E-state index in [1.807, 2.05) is 19.0 Å². The van der Waals surface area contributed by atoms with E-state index in [2.05, 4.69) is 22.0 Å². The highest BCUT2D eigenvalue weighted by Crippen LogP contribution is 2.04. The smallest absolute Gasteiger partial charge is 0.175 e. The highest BCUT2D eigenvalue weighted by Gasteiger charge is 2.15. The average Bonchev–Trinajstić information content (AvgIpc) is 2.28. The first-order valence-corrected chi connectivity index (χ1v) is 7.35. The molecule has 0 aliphatic carbocycles. The molecule has 1 aliphatic rings. The molecule has 0 atom stereocenters. The largest absolute Gasteiger partial charge is 0.355 e. The van der Waals surface area contributed by atoms with Crippen molar-refractivity contribution < 1.29 is 0 Å². The van der Waals surface area contributed by atoms with Gasteiger partial charge < -0.3 is 20.0 Å². The predicted molar refractivity (Wildman–Crippen MR) is 84.9 cm³/mol. The summed E-state index contributed by atoms with van der Waals surface area (Å²) in [6, 6.07) is 0. The molecule has 0 radical (unpaired) electrons. The minimum atomic E-state index is 0.675. The number of rotatable bonds is 1. The summed E-state index contributed by atoms with van der Waals surface area (Å²) >= 11 is 10.7. The van der Waals surface area contributed by atoms with Crippen molar-refractivity contribution >= 4 is 34.7 Å². The van der Waals surface area contributed by atoms with Crippen LogP contribution in [0.5, 0.6) is 0 Å². The summed E-state index contributed by atoms with van der Waals surface area (Å²) in [5.74, 6) is 0. The van der Waals surface area contributed by atoms with Crippen LogP contribution in [0.3, 0.4) is 0 Å². The first-order chi connectivity index (χ1) is 8.54. The lowest BCUT2D eigenvalue weighted by Crippen LogP contribution is -2.49. The number of hydrogen-bond acceptors (Lipinski definition) is 3. The van der Waals surface area contributed by atoms with Gasteiger partial charge in [0.25, 0.3) is 0 Å². The molecule has 4 nitrogen and oxygen atoms in total. The van der Waals surface area contributed by atoms with Crippen LogP contribution in [-0.4, -0.2) is 71.7 Å². The van der Waals surface area contributed by atoms with Crippen LogP contribution in [0.4, 0.5) is 0 Å². The Morgan fingerprint density at radius 3 is 2.39 bits per heavy atom. The summed E-state index contributed by atoms with van der Waals surface area (Å²) in [6.45, 7) is 7.62. The Hall–Kier alpha value is -0.460. The molecule has 0 aromatic carbocycles. The summed E-state index contributed by atoms with van der Waals surface area (Å²) < 4.78 is 0. The third-order valence-electron chi connectivity index (χ3n) is 3.19. The normalized spacial score (nSPS) is 17.8. The van der Waals surface area contributed by atoms with Crippen molar-refractivity contribution in [2.75, 3.05) is 46.8 Å². The minimum Gasteiger partial charge on any atom is -0.355 e. The van der Waals surface area contributed by atoms with Gasteiger partial charge in [0.2, 0.25) is 0 Å². The van der Waals surface area contributed by atoms with Gasteiger partial charge in [-0.2, -0.15) is 0 Å². The molecule has 0 aromatic rings. The molecular formula is C12H24N4S2. The van der Waals surface area contributed by atoms with E-state index in [1.165, 1.54) is 19.4 Å². The Morgan fingerprint density at radius 2 is 1.78 bits per heavy atom. The molecular weight excluding hydrogens is 264 g/mol. The fourth-order valence-electron chi connectivity index (χ4n) is 1.93. The Labute approximate surface area is 121 Å². The summed E-state index contributed by atoms with van der Waals surface area (Å²) in [5.41, 5.74) is 0. The van der Waals surface area contributed by atoms with Gasteiger partial charge in [0.15, 0.2) is 10.2 Å². The van der Waals surface area contributed by atoms with E-state index in [0.29, 0.717) is 5.11 Å². The first-order valence-electron chi connectivity index (χ1n) is 6.54. The molecule has 1 rings (SSSR count). The second-order valence-corrected chi connectivity index (χ2v) is 5.53. The molecule has 0 amide bonds. The predicted octanol–water partition coefficient (Wildman–Crippen LogP) is 1.13. The number of hydrogen-bond donors (Lipinski definition) is 1. The van der Waals surface area contributed by atoms with Gasteiger partial charge in [-0.25, -0.2) is 0 Å². The lowest BCUT2D eigenvalue weighted by atomic mass is 10.2. The van der Waals surface area contributed by atoms with Gasteiger partial charge in [0.1, 0.15) is 0 Å². The number of nitrogens with one attached hydrogen (secondary N) is 1. The summed E-state index contributed by atoms with van der Waals surface area (Å²) in [5, 5.41) is 4.56. The van der Waals surface area contributed by atoms with E-state index < -0.39 is 0 Å². The third kappa shape index (κ3) is 5.04. The molecule has 1 fully saturated rings. The SMILES string of the molecule is CCN1CCCCN(C(=S)NC(=S)N(C)C)CC1. The quantitative estimate of drug-likeness (QED) is 0.725. The number of nitrogens with zero attached hydrogens (tertiary/aromatic N) is 3. The van der Waals surface area contributed by atoms with E-state index in [9.17, 15) is 0 Å². The van der Waals surface area contributed by atoms with Crippen molar-refractivity contribution in [2.45, 2.75) is 19.8 Å². The van der Waals surface area contributed by atoms with E-state index in [1.54, 1.807) is 0 Å². The van der Waals surface area contributed by atoms with E-state index in [4.69, 9.17) is 24.4 Å². The fourth-order valence-corrected chi connectivity index (χ4v) is 2.37. The monoisotopic (exact) mass is 288 g/mol. The van der Waals surface area contributed by atoms with Crippen LogP contribution in [-0.2, 0) is 0 Å². The highest BCUT2D eigenvalue weighted by molar-refractivity contribution is 7.81. The maximum Gasteiger partial charge on any atom is 0.175 e. The Balaban J connectivity index is 2.48. The van der Waals surface area contributed by atoms with Gasteiger partial charge in [-0.15, -0.1) is 0 Å². The average molecular weight is 288 g/mol. The second-order valence-electron chi connectivity index (χ2n) is 4.76. The Kier molecular flexibility index (Phi) is 6.81. The van der Waals surface area contributed by atoms with E-state index in [-0.39, 0.29) is 0 Å². The fraction of sp³-hybridized carbons (Fsp3) is 0.833. The van der Waals surface area contributed by atoms with Gasteiger partial charge in [-0.1, -0.05) is 6.92 Å². The summed E-state index contributed by atoms with van der Waals surface area (Å²) in [4.78, 5) is 6.57. The topological polar surface area (TPSA) is 21.8 Å². The van der Waals surface area contributed by atoms with E-state index in [0.717, 1.165) is 31.3 Å². The van der Waals surface area contributed by atoms with Crippen LogP contribution in [0.25, 0.3) is 0 Å². The van der Waals surface area contributed by atoms with Gasteiger partial charge >= 0.3 is 0 Å². The molecule has 0 aromatic heterocycles. The van der Waals surface area contributed by atoms with Crippen molar-refractivity contribution in [2.24, 2.45) is 0 Å². The van der Waals surface area contributed by atoms with Gasteiger partial charge in [-0.3, -0.25) is 0 Å². The molecule has 1 N–H and O–H groups in total. The maximum atomic E-state index is 5.43. The van der Waals surface area contributed by atoms with Gasteiger partial charge in [-0.05, 0) is 50.4 Å². The molecule has 104 valence electrons. The van der Waals surface area contributed by atoms with Crippen molar-refractivity contribution in [1.82, 2.24) is 20.0 Å². The molecule has 1 aliphatic heterocycles. The van der Waals surface area contributed by atoms with Crippen molar-refractivity contribution in [1.29, 1.82) is 0 Å². The molecule has 1 saturated heterocycles. The highest BCUT2D eigenvalue weighted by atomic mass is 32.1. The van der Waals surface area contributed by atoms with Crippen molar-refractivity contribution in [3.05, 3.63) is 0 Å². The molecule has 6 heteroatoms. The lowest BCUT2D eigenvalue weighted by Gasteiger charge is -2.32. The lowest BCUT2D eigenvalue weighted by molar-refractivity contribution is 0.226. The Morgan fingerprint density at radius 1 is 1.11 bits per heavy atom. The van der Waals surface area contributed by atoms with E-state index >= 15 is 0 Å². The third-order valence-corrected chi connectivity index (χ3v) is 4.02. The van der Waals surface area contributed by atoms with Crippen LogP contribution >= 0.6 is 24.4 Å². The molecule has 0 bridgehead atoms. The minimum absolute atomic E-state index is 0.675. The zero-order valence-electron chi connectivity index (χ0n) is 11.6. The maximum absolute atomic E-state index is 5.43. The molecule has 1 heterocycles. The zero-order chi connectivity index (χ0) is 13.5. The van der Waals surface area contributed by atoms with Crippen LogP contribution in [0.15, 0.2) is 0 Å².